The summed E-state index contributed by atoms with van der Waals surface area (Å²) in [5.41, 5.74) is 0. The molecule has 0 radical (unpaired) electrons. The van der Waals surface area contributed by atoms with Gasteiger partial charge in [0.1, 0.15) is 12.1 Å². The molecule has 0 spiro atoms. The van der Waals surface area contributed by atoms with E-state index in [1.165, 1.54) is 0 Å². The molecule has 1 rings (SSSR count). The summed E-state index contributed by atoms with van der Waals surface area (Å²) in [4.78, 5) is 21.6. The first-order valence-electron chi connectivity index (χ1n) is 3.20. The van der Waals surface area contributed by atoms with E-state index in [9.17, 15) is 9.59 Å². The highest BCUT2D eigenvalue weighted by Crippen LogP contribution is 2.13. The Hall–Kier alpha value is -0.710. The van der Waals surface area contributed by atoms with Crippen LogP contribution in [0.2, 0.25) is 0 Å². The molecular weight excluding hydrogens is 166 g/mol. The minimum Gasteiger partial charge on any atom is -0.444 e. The Balaban J connectivity index is 2.59. The third-order valence-corrected chi connectivity index (χ3v) is 2.15. The molecule has 2 atom stereocenters. The standard InChI is InChI=1S/C6H9NO3S/c1-3-4(5(8)11-2)7-6(9)10-3/h3-4H,1-2H3,(H,7,9). The average Bonchev–Trinajstić information content (AvgIpc) is 2.28. The molecule has 0 aliphatic carbocycles. The summed E-state index contributed by atoms with van der Waals surface area (Å²) in [5, 5.41) is 2.36. The number of ether oxygens (including phenoxy) is 1. The summed E-state index contributed by atoms with van der Waals surface area (Å²) in [6.45, 7) is 1.69. The van der Waals surface area contributed by atoms with Crippen LogP contribution in [-0.4, -0.2) is 29.6 Å². The minimum absolute atomic E-state index is 0.0663. The van der Waals surface area contributed by atoms with E-state index in [1.54, 1.807) is 13.2 Å². The van der Waals surface area contributed by atoms with E-state index in [1.807, 2.05) is 0 Å². The fourth-order valence-electron chi connectivity index (χ4n) is 0.893. The molecule has 1 amide bonds. The van der Waals surface area contributed by atoms with E-state index < -0.39 is 12.1 Å². The highest BCUT2D eigenvalue weighted by Gasteiger charge is 2.35. The van der Waals surface area contributed by atoms with Gasteiger partial charge in [-0.2, -0.15) is 0 Å². The molecule has 1 fully saturated rings. The maximum absolute atomic E-state index is 11.0. The van der Waals surface area contributed by atoms with Crippen molar-refractivity contribution in [1.29, 1.82) is 0 Å². The maximum Gasteiger partial charge on any atom is 0.408 e. The molecule has 2 unspecified atom stereocenters. The van der Waals surface area contributed by atoms with Gasteiger partial charge in [0.15, 0.2) is 0 Å². The van der Waals surface area contributed by atoms with Gasteiger partial charge in [-0.05, 0) is 13.2 Å². The molecule has 0 aromatic carbocycles. The van der Waals surface area contributed by atoms with E-state index in [2.05, 4.69) is 5.32 Å². The predicted octanol–water partition coefficient (Wildman–Crippen LogP) is 0.373. The average molecular weight is 175 g/mol. The maximum atomic E-state index is 11.0. The molecule has 1 saturated heterocycles. The summed E-state index contributed by atoms with van der Waals surface area (Å²) < 4.78 is 4.71. The van der Waals surface area contributed by atoms with Crippen molar-refractivity contribution in [3.8, 4) is 0 Å². The highest BCUT2D eigenvalue weighted by atomic mass is 32.2. The Morgan fingerprint density at radius 1 is 1.73 bits per heavy atom. The number of amides is 1. The largest absolute Gasteiger partial charge is 0.444 e. The van der Waals surface area contributed by atoms with Gasteiger partial charge in [0.25, 0.3) is 0 Å². The van der Waals surface area contributed by atoms with Gasteiger partial charge in [0.2, 0.25) is 5.12 Å². The fourth-order valence-corrected chi connectivity index (χ4v) is 1.40. The molecule has 11 heavy (non-hydrogen) atoms. The van der Waals surface area contributed by atoms with Crippen molar-refractivity contribution in [2.24, 2.45) is 0 Å². The minimum atomic E-state index is -0.509. The zero-order chi connectivity index (χ0) is 8.43. The van der Waals surface area contributed by atoms with Crippen molar-refractivity contribution in [2.75, 3.05) is 6.26 Å². The van der Waals surface area contributed by atoms with Gasteiger partial charge in [-0.3, -0.25) is 4.79 Å². The summed E-state index contributed by atoms with van der Waals surface area (Å²) >= 11 is 1.09. The molecule has 4 nitrogen and oxygen atoms in total. The third-order valence-electron chi connectivity index (χ3n) is 1.49. The normalized spacial score (nSPS) is 29.5. The molecule has 5 heteroatoms. The van der Waals surface area contributed by atoms with Crippen LogP contribution in [0.3, 0.4) is 0 Å². The number of carbonyl (C=O) groups is 2. The molecule has 1 N–H and O–H groups in total. The lowest BCUT2D eigenvalue weighted by Gasteiger charge is -2.07. The number of thioether (sulfide) groups is 1. The molecule has 62 valence electrons. The van der Waals surface area contributed by atoms with Gasteiger partial charge in [-0.15, -0.1) is 0 Å². The lowest BCUT2D eigenvalue weighted by molar-refractivity contribution is -0.113. The summed E-state index contributed by atoms with van der Waals surface area (Å²) in [5.74, 6) is 0. The van der Waals surface area contributed by atoms with Crippen molar-refractivity contribution in [3.63, 3.8) is 0 Å². The number of rotatable bonds is 1. The van der Waals surface area contributed by atoms with Crippen LogP contribution >= 0.6 is 11.8 Å². The van der Waals surface area contributed by atoms with Crippen LogP contribution in [0.5, 0.6) is 0 Å². The molecule has 0 aromatic heterocycles. The van der Waals surface area contributed by atoms with Gasteiger partial charge < -0.3 is 10.1 Å². The lowest BCUT2D eigenvalue weighted by atomic mass is 10.2. The molecule has 0 saturated carbocycles. The van der Waals surface area contributed by atoms with E-state index in [0.717, 1.165) is 11.8 Å². The number of cyclic esters (lactones) is 1. The number of hydrogen-bond donors (Lipinski definition) is 1. The van der Waals surface area contributed by atoms with Crippen LogP contribution in [-0.2, 0) is 9.53 Å². The lowest BCUT2D eigenvalue weighted by Crippen LogP contribution is -2.36. The SMILES string of the molecule is CSC(=O)C1NC(=O)OC1C. The molecule has 1 aliphatic rings. The first kappa shape index (κ1) is 8.39. The zero-order valence-electron chi connectivity index (χ0n) is 6.29. The number of hydrogen-bond acceptors (Lipinski definition) is 4. The monoisotopic (exact) mass is 175 g/mol. The second kappa shape index (κ2) is 3.13. The highest BCUT2D eigenvalue weighted by molar-refractivity contribution is 8.13. The van der Waals surface area contributed by atoms with Crippen LogP contribution < -0.4 is 5.32 Å². The molecular formula is C6H9NO3S. The quantitative estimate of drug-likeness (QED) is 0.625. The molecule has 1 heterocycles. The summed E-state index contributed by atoms with van der Waals surface area (Å²) in [6, 6.07) is -0.475. The second-order valence-corrected chi connectivity index (χ2v) is 3.07. The van der Waals surface area contributed by atoms with Crippen molar-refractivity contribution < 1.29 is 14.3 Å². The van der Waals surface area contributed by atoms with Crippen molar-refractivity contribution in [3.05, 3.63) is 0 Å². The van der Waals surface area contributed by atoms with E-state index in [0.29, 0.717) is 0 Å². The zero-order valence-corrected chi connectivity index (χ0v) is 7.10. The van der Waals surface area contributed by atoms with Gasteiger partial charge in [0.05, 0.1) is 0 Å². The van der Waals surface area contributed by atoms with Crippen LogP contribution in [0, 0.1) is 0 Å². The van der Waals surface area contributed by atoms with E-state index in [4.69, 9.17) is 4.74 Å². The Kier molecular flexibility index (Phi) is 2.38. The van der Waals surface area contributed by atoms with Crippen LogP contribution in [0.15, 0.2) is 0 Å². The summed E-state index contributed by atoms with van der Waals surface area (Å²) in [7, 11) is 0. The third kappa shape index (κ3) is 1.65. The Labute approximate surface area is 68.7 Å². The molecule has 1 aliphatic heterocycles. The van der Waals surface area contributed by atoms with Gasteiger partial charge in [0, 0.05) is 0 Å². The fraction of sp³-hybridized carbons (Fsp3) is 0.667. The summed E-state index contributed by atoms with van der Waals surface area (Å²) in [6.07, 6.45) is 0.826. The van der Waals surface area contributed by atoms with Gasteiger partial charge in [-0.25, -0.2) is 4.79 Å². The van der Waals surface area contributed by atoms with Gasteiger partial charge >= 0.3 is 6.09 Å². The molecule has 0 bridgehead atoms. The first-order chi connectivity index (χ1) is 5.15. The van der Waals surface area contributed by atoms with Crippen LogP contribution in [0.4, 0.5) is 4.79 Å². The Morgan fingerprint density at radius 2 is 2.36 bits per heavy atom. The van der Waals surface area contributed by atoms with Crippen molar-refractivity contribution >= 4 is 23.0 Å². The Bertz CT molecular complexity index is 194. The van der Waals surface area contributed by atoms with Crippen LogP contribution in [0.1, 0.15) is 6.92 Å². The van der Waals surface area contributed by atoms with E-state index in [-0.39, 0.29) is 11.2 Å². The van der Waals surface area contributed by atoms with E-state index >= 15 is 0 Å². The number of alkyl carbamates (subject to hydrolysis) is 1. The van der Waals surface area contributed by atoms with Crippen molar-refractivity contribution in [2.45, 2.75) is 19.1 Å². The van der Waals surface area contributed by atoms with Crippen LogP contribution in [0.25, 0.3) is 0 Å². The van der Waals surface area contributed by atoms with Gasteiger partial charge in [-0.1, -0.05) is 11.8 Å². The predicted molar refractivity (Wildman–Crippen MR) is 41.4 cm³/mol. The molecule has 0 aromatic rings. The van der Waals surface area contributed by atoms with Crippen molar-refractivity contribution in [1.82, 2.24) is 5.32 Å². The Morgan fingerprint density at radius 3 is 2.73 bits per heavy atom. The number of carbonyl (C=O) groups excluding carboxylic acids is 2. The number of nitrogens with one attached hydrogen (secondary N) is 1. The smallest absolute Gasteiger partial charge is 0.408 e. The first-order valence-corrected chi connectivity index (χ1v) is 4.42. The topological polar surface area (TPSA) is 55.4 Å². The second-order valence-electron chi connectivity index (χ2n) is 2.26.